The molecule has 0 bridgehead atoms. The number of nitrogens with zero attached hydrogens (tertiary/aromatic N) is 1. The van der Waals surface area contributed by atoms with Crippen LogP contribution in [0.3, 0.4) is 0 Å². The van der Waals surface area contributed by atoms with E-state index in [0.717, 1.165) is 5.69 Å². The van der Waals surface area contributed by atoms with Crippen molar-refractivity contribution in [1.82, 2.24) is 5.48 Å². The first-order chi connectivity index (χ1) is 11.5. The highest BCUT2D eigenvalue weighted by atomic mass is 79.9. The van der Waals surface area contributed by atoms with E-state index in [2.05, 4.69) is 21.4 Å². The molecule has 0 heterocycles. The number of para-hydroxylation sites is 1. The Morgan fingerprint density at radius 2 is 1.71 bits per heavy atom. The lowest BCUT2D eigenvalue weighted by molar-refractivity contribution is -0.125. The van der Waals surface area contributed by atoms with Gasteiger partial charge in [-0.15, -0.1) is 0 Å². The van der Waals surface area contributed by atoms with Crippen LogP contribution in [0, 0.1) is 0 Å². The molecular formula is C18H19BrN2O3. The van der Waals surface area contributed by atoms with Gasteiger partial charge in [0.25, 0.3) is 11.8 Å². The average Bonchev–Trinajstić information content (AvgIpc) is 2.56. The van der Waals surface area contributed by atoms with Crippen molar-refractivity contribution in [3.63, 3.8) is 0 Å². The largest absolute Gasteiger partial charge is 0.308 e. The maximum absolute atomic E-state index is 12.4. The Labute approximate surface area is 149 Å². The molecule has 6 heteroatoms. The minimum atomic E-state index is -0.411. The molecule has 0 saturated carbocycles. The number of carbonyl (C=O) groups is 2. The number of rotatable bonds is 6. The lowest BCUT2D eigenvalue weighted by Gasteiger charge is -2.26. The molecule has 0 aliphatic carbocycles. The van der Waals surface area contributed by atoms with Gasteiger partial charge in [0.15, 0.2) is 6.61 Å². The predicted octanol–water partition coefficient (Wildman–Crippen LogP) is 3.55. The minimum absolute atomic E-state index is 0.0255. The zero-order valence-electron chi connectivity index (χ0n) is 13.5. The predicted molar refractivity (Wildman–Crippen MR) is 96.6 cm³/mol. The first-order valence-electron chi connectivity index (χ1n) is 7.54. The van der Waals surface area contributed by atoms with Crippen LogP contribution in [0.5, 0.6) is 0 Å². The van der Waals surface area contributed by atoms with Gasteiger partial charge in [-0.05, 0) is 54.0 Å². The molecule has 0 saturated heterocycles. The lowest BCUT2D eigenvalue weighted by atomic mass is 10.2. The normalized spacial score (nSPS) is 10.5. The van der Waals surface area contributed by atoms with E-state index < -0.39 is 5.91 Å². The zero-order chi connectivity index (χ0) is 17.5. The van der Waals surface area contributed by atoms with Crippen LogP contribution in [0.1, 0.15) is 24.2 Å². The summed E-state index contributed by atoms with van der Waals surface area (Å²) in [6.45, 7) is 3.60. The van der Waals surface area contributed by atoms with Gasteiger partial charge < -0.3 is 4.90 Å². The first kappa shape index (κ1) is 18.2. The van der Waals surface area contributed by atoms with Gasteiger partial charge in [0.2, 0.25) is 0 Å². The van der Waals surface area contributed by atoms with Crippen LogP contribution in [0.2, 0.25) is 0 Å². The monoisotopic (exact) mass is 390 g/mol. The fourth-order valence-electron chi connectivity index (χ4n) is 2.25. The Morgan fingerprint density at radius 1 is 1.08 bits per heavy atom. The third-order valence-corrected chi connectivity index (χ3v) is 3.99. The Kier molecular flexibility index (Phi) is 6.52. The van der Waals surface area contributed by atoms with Gasteiger partial charge in [0.05, 0.1) is 5.56 Å². The fraction of sp³-hybridized carbons (Fsp3) is 0.222. The van der Waals surface area contributed by atoms with Crippen LogP contribution < -0.4 is 10.4 Å². The lowest BCUT2D eigenvalue weighted by Crippen LogP contribution is -2.41. The Hall–Kier alpha value is -2.18. The van der Waals surface area contributed by atoms with Gasteiger partial charge in [-0.2, -0.15) is 0 Å². The number of hydrogen-bond donors (Lipinski definition) is 1. The second-order valence-corrected chi connectivity index (χ2v) is 6.25. The van der Waals surface area contributed by atoms with Crippen LogP contribution in [0.15, 0.2) is 59.1 Å². The molecule has 0 fully saturated rings. The van der Waals surface area contributed by atoms with Crippen LogP contribution in [-0.2, 0) is 9.63 Å². The number of amides is 2. The third-order valence-electron chi connectivity index (χ3n) is 3.30. The molecule has 2 rings (SSSR count). The molecule has 2 amide bonds. The van der Waals surface area contributed by atoms with Crippen molar-refractivity contribution in [1.29, 1.82) is 0 Å². The number of carbonyl (C=O) groups excluding carboxylic acids is 2. The minimum Gasteiger partial charge on any atom is -0.308 e. The van der Waals surface area contributed by atoms with E-state index in [1.165, 1.54) is 0 Å². The van der Waals surface area contributed by atoms with Crippen LogP contribution >= 0.6 is 15.9 Å². The molecule has 2 aromatic rings. The summed E-state index contributed by atoms with van der Waals surface area (Å²) in [4.78, 5) is 31.2. The molecule has 0 aliphatic rings. The van der Waals surface area contributed by atoms with Crippen LogP contribution in [-0.4, -0.2) is 24.5 Å². The Bertz CT molecular complexity index is 704. The van der Waals surface area contributed by atoms with Gasteiger partial charge in [-0.1, -0.05) is 30.3 Å². The smallest absolute Gasteiger partial charge is 0.275 e. The number of nitrogens with one attached hydrogen (secondary N) is 1. The van der Waals surface area contributed by atoms with Gasteiger partial charge in [-0.25, -0.2) is 5.48 Å². The molecule has 0 spiro atoms. The van der Waals surface area contributed by atoms with Gasteiger partial charge in [0, 0.05) is 16.2 Å². The zero-order valence-corrected chi connectivity index (χ0v) is 15.1. The summed E-state index contributed by atoms with van der Waals surface area (Å²) >= 11 is 3.30. The van der Waals surface area contributed by atoms with Crippen molar-refractivity contribution in [3.8, 4) is 0 Å². The SMILES string of the molecule is CC(C)N(C(=O)CONC(=O)c1ccccc1Br)c1ccccc1. The molecule has 1 N–H and O–H groups in total. The summed E-state index contributed by atoms with van der Waals surface area (Å²) in [5, 5.41) is 0. The number of benzene rings is 2. The van der Waals surface area contributed by atoms with Crippen molar-refractivity contribution in [2.24, 2.45) is 0 Å². The standard InChI is InChI=1S/C18H19BrN2O3/c1-13(2)21(14-8-4-3-5-9-14)17(22)12-24-20-18(23)15-10-6-7-11-16(15)19/h3-11,13H,12H2,1-2H3,(H,20,23). The first-order valence-corrected chi connectivity index (χ1v) is 8.33. The highest BCUT2D eigenvalue weighted by Crippen LogP contribution is 2.17. The maximum Gasteiger partial charge on any atom is 0.275 e. The van der Waals surface area contributed by atoms with Gasteiger partial charge >= 0.3 is 0 Å². The summed E-state index contributed by atoms with van der Waals surface area (Å²) in [7, 11) is 0. The second kappa shape index (κ2) is 8.61. The van der Waals surface area contributed by atoms with Crippen LogP contribution in [0.25, 0.3) is 0 Å². The van der Waals surface area contributed by atoms with Crippen molar-refractivity contribution < 1.29 is 14.4 Å². The molecule has 0 radical (unpaired) electrons. The van der Waals surface area contributed by atoms with E-state index in [1.54, 1.807) is 23.1 Å². The second-order valence-electron chi connectivity index (χ2n) is 5.39. The fourth-order valence-corrected chi connectivity index (χ4v) is 2.72. The molecule has 0 unspecified atom stereocenters. The maximum atomic E-state index is 12.4. The molecule has 126 valence electrons. The Balaban J connectivity index is 1.94. The average molecular weight is 391 g/mol. The van der Waals surface area contributed by atoms with Crippen molar-refractivity contribution in [2.45, 2.75) is 19.9 Å². The Morgan fingerprint density at radius 3 is 2.33 bits per heavy atom. The third kappa shape index (κ3) is 4.66. The number of halogens is 1. The quantitative estimate of drug-likeness (QED) is 0.767. The van der Waals surface area contributed by atoms with E-state index in [1.807, 2.05) is 50.2 Å². The molecule has 0 aliphatic heterocycles. The molecule has 0 aromatic heterocycles. The van der Waals surface area contributed by atoms with Gasteiger partial charge in [0.1, 0.15) is 0 Å². The summed E-state index contributed by atoms with van der Waals surface area (Å²) < 4.78 is 0.658. The van der Waals surface area contributed by atoms with E-state index in [9.17, 15) is 9.59 Å². The molecular weight excluding hydrogens is 372 g/mol. The highest BCUT2D eigenvalue weighted by Gasteiger charge is 2.19. The van der Waals surface area contributed by atoms with Crippen molar-refractivity contribution in [3.05, 3.63) is 64.6 Å². The van der Waals surface area contributed by atoms with E-state index in [4.69, 9.17) is 4.84 Å². The molecule has 24 heavy (non-hydrogen) atoms. The highest BCUT2D eigenvalue weighted by molar-refractivity contribution is 9.10. The van der Waals surface area contributed by atoms with Crippen molar-refractivity contribution in [2.75, 3.05) is 11.5 Å². The molecule has 2 aromatic carbocycles. The summed E-state index contributed by atoms with van der Waals surface area (Å²) in [6, 6.07) is 16.3. The van der Waals surface area contributed by atoms with Gasteiger partial charge in [-0.3, -0.25) is 14.4 Å². The summed E-state index contributed by atoms with van der Waals surface area (Å²) in [6.07, 6.45) is 0. The number of hydrogen-bond acceptors (Lipinski definition) is 3. The summed E-state index contributed by atoms with van der Waals surface area (Å²) in [5.74, 6) is -0.644. The molecule has 5 nitrogen and oxygen atoms in total. The van der Waals surface area contributed by atoms with E-state index in [0.29, 0.717) is 10.0 Å². The number of anilines is 1. The van der Waals surface area contributed by atoms with Crippen LogP contribution in [0.4, 0.5) is 5.69 Å². The van der Waals surface area contributed by atoms with E-state index >= 15 is 0 Å². The van der Waals surface area contributed by atoms with Crippen molar-refractivity contribution >= 4 is 33.4 Å². The molecule has 0 atom stereocenters. The number of hydroxylamine groups is 1. The van der Waals surface area contributed by atoms with E-state index in [-0.39, 0.29) is 18.6 Å². The summed E-state index contributed by atoms with van der Waals surface area (Å²) in [5.41, 5.74) is 3.53. The topological polar surface area (TPSA) is 58.6 Å².